The number of hydrazone groups is 1. The van der Waals surface area contributed by atoms with Crippen molar-refractivity contribution in [1.29, 1.82) is 0 Å². The van der Waals surface area contributed by atoms with E-state index in [1.54, 1.807) is 6.21 Å². The van der Waals surface area contributed by atoms with Crippen LogP contribution in [0.2, 0.25) is 5.02 Å². The van der Waals surface area contributed by atoms with Crippen LogP contribution in [-0.2, 0) is 0 Å². The monoisotopic (exact) mass is 368 g/mol. The number of thiophene rings is 1. The van der Waals surface area contributed by atoms with Gasteiger partial charge in [-0.15, -0.1) is 11.3 Å². The molecule has 0 aliphatic rings. The van der Waals surface area contributed by atoms with Gasteiger partial charge in [0, 0.05) is 10.1 Å². The maximum absolute atomic E-state index is 12.3. The fraction of sp³-hybridized carbons (Fsp3) is 0.100. The summed E-state index contributed by atoms with van der Waals surface area (Å²) in [5, 5.41) is 5.40. The average Bonchev–Trinajstić information content (AvgIpc) is 2.92. The van der Waals surface area contributed by atoms with Crippen LogP contribution in [0.4, 0.5) is 0 Å². The highest BCUT2D eigenvalue weighted by Gasteiger charge is 2.16. The minimum atomic E-state index is -0.299. The Kier molecular flexibility index (Phi) is 5.31. The van der Waals surface area contributed by atoms with Gasteiger partial charge in [0.25, 0.3) is 5.91 Å². The number of rotatable bonds is 4. The zero-order valence-corrected chi connectivity index (χ0v) is 15.5. The van der Waals surface area contributed by atoms with Gasteiger partial charge in [0.05, 0.1) is 11.2 Å². The second-order valence-corrected chi connectivity index (χ2v) is 7.17. The third kappa shape index (κ3) is 4.16. The van der Waals surface area contributed by atoms with Crippen LogP contribution in [0.25, 0.3) is 16.2 Å². The molecule has 5 heteroatoms. The molecule has 1 amide bonds. The van der Waals surface area contributed by atoms with Gasteiger partial charge in [-0.05, 0) is 36.6 Å². The molecule has 0 saturated heterocycles. The summed E-state index contributed by atoms with van der Waals surface area (Å²) in [6.07, 6.45) is 3.61. The first kappa shape index (κ1) is 17.4. The van der Waals surface area contributed by atoms with Crippen LogP contribution in [0.1, 0.15) is 27.7 Å². The fourth-order valence-corrected chi connectivity index (χ4v) is 3.92. The van der Waals surface area contributed by atoms with Crippen LogP contribution in [0.15, 0.2) is 59.2 Å². The highest BCUT2D eigenvalue weighted by Crippen LogP contribution is 2.35. The summed E-state index contributed by atoms with van der Waals surface area (Å²) in [6.45, 7) is 3.94. The van der Waals surface area contributed by atoms with Gasteiger partial charge in [-0.25, -0.2) is 5.43 Å². The Morgan fingerprint density at radius 3 is 2.72 bits per heavy atom. The normalized spacial score (nSPS) is 12.0. The van der Waals surface area contributed by atoms with Gasteiger partial charge >= 0.3 is 0 Å². The number of amides is 1. The first-order valence-electron chi connectivity index (χ1n) is 7.80. The number of carbonyl (C=O) groups excluding carboxylic acids is 1. The Morgan fingerprint density at radius 2 is 1.96 bits per heavy atom. The van der Waals surface area contributed by atoms with Crippen molar-refractivity contribution in [1.82, 2.24) is 5.43 Å². The molecule has 3 nitrogen and oxygen atoms in total. The molecule has 0 atom stereocenters. The summed E-state index contributed by atoms with van der Waals surface area (Å²) in [4.78, 5) is 12.8. The van der Waals surface area contributed by atoms with Crippen LogP contribution in [0, 0.1) is 6.92 Å². The minimum Gasteiger partial charge on any atom is -0.266 e. The van der Waals surface area contributed by atoms with E-state index in [4.69, 9.17) is 11.6 Å². The van der Waals surface area contributed by atoms with E-state index in [0.29, 0.717) is 9.90 Å². The lowest BCUT2D eigenvalue weighted by Gasteiger charge is -1.98. The molecule has 126 valence electrons. The van der Waals surface area contributed by atoms with Crippen molar-refractivity contribution in [2.45, 2.75) is 13.8 Å². The maximum Gasteiger partial charge on any atom is 0.283 e. The molecule has 0 aliphatic heterocycles. The third-order valence-corrected chi connectivity index (χ3v) is 5.28. The van der Waals surface area contributed by atoms with Crippen molar-refractivity contribution in [2.75, 3.05) is 0 Å². The maximum atomic E-state index is 12.3. The van der Waals surface area contributed by atoms with Crippen molar-refractivity contribution in [3.05, 3.63) is 75.1 Å². The third-order valence-electron chi connectivity index (χ3n) is 3.62. The molecule has 0 unspecified atom stereocenters. The van der Waals surface area contributed by atoms with Crippen molar-refractivity contribution < 1.29 is 4.79 Å². The number of nitrogens with zero attached hydrogens (tertiary/aromatic N) is 1. The first-order valence-corrected chi connectivity index (χ1v) is 8.99. The number of aryl methyl sites for hydroxylation is 1. The van der Waals surface area contributed by atoms with Crippen molar-refractivity contribution in [3.63, 3.8) is 0 Å². The molecule has 0 radical (unpaired) electrons. The number of carbonyl (C=O) groups is 1. The van der Waals surface area contributed by atoms with Crippen molar-refractivity contribution >= 4 is 51.2 Å². The molecule has 1 N–H and O–H groups in total. The second-order valence-electron chi connectivity index (χ2n) is 5.74. The molecule has 1 heterocycles. The SMILES string of the molecule is CC(/C=N/NC(=O)c1sc2cc(C)ccc2c1Cl)=C\c1ccccc1. The molecule has 3 aromatic rings. The van der Waals surface area contributed by atoms with Gasteiger partial charge in [-0.2, -0.15) is 5.10 Å². The minimum absolute atomic E-state index is 0.299. The zero-order valence-electron chi connectivity index (χ0n) is 13.9. The highest BCUT2D eigenvalue weighted by molar-refractivity contribution is 7.21. The molecule has 0 bridgehead atoms. The molecule has 0 saturated carbocycles. The van der Waals surface area contributed by atoms with Crippen LogP contribution in [0.3, 0.4) is 0 Å². The zero-order chi connectivity index (χ0) is 17.8. The van der Waals surface area contributed by atoms with E-state index in [0.717, 1.165) is 26.8 Å². The number of hydrogen-bond acceptors (Lipinski definition) is 3. The van der Waals surface area contributed by atoms with Crippen LogP contribution >= 0.6 is 22.9 Å². The van der Waals surface area contributed by atoms with Gasteiger partial charge in [-0.1, -0.05) is 60.1 Å². The predicted molar refractivity (Wildman–Crippen MR) is 108 cm³/mol. The molecule has 0 aliphatic carbocycles. The number of benzene rings is 2. The smallest absolute Gasteiger partial charge is 0.266 e. The molecule has 3 rings (SSSR count). The topological polar surface area (TPSA) is 41.5 Å². The van der Waals surface area contributed by atoms with E-state index in [2.05, 4.69) is 10.5 Å². The molecule has 1 aromatic heterocycles. The summed E-state index contributed by atoms with van der Waals surface area (Å²) >= 11 is 7.71. The van der Waals surface area contributed by atoms with E-state index in [-0.39, 0.29) is 5.91 Å². The van der Waals surface area contributed by atoms with Gasteiger partial charge in [-0.3, -0.25) is 4.79 Å². The van der Waals surface area contributed by atoms with Gasteiger partial charge in [0.15, 0.2) is 0 Å². The summed E-state index contributed by atoms with van der Waals surface area (Å²) in [7, 11) is 0. The molecular formula is C20H17ClN2OS. The van der Waals surface area contributed by atoms with E-state index in [9.17, 15) is 4.79 Å². The summed E-state index contributed by atoms with van der Waals surface area (Å²) in [5.41, 5.74) is 5.70. The van der Waals surface area contributed by atoms with Gasteiger partial charge < -0.3 is 0 Å². The quantitative estimate of drug-likeness (QED) is 0.467. The summed E-state index contributed by atoms with van der Waals surface area (Å²) < 4.78 is 0.999. The molecule has 2 aromatic carbocycles. The Morgan fingerprint density at radius 1 is 1.20 bits per heavy atom. The van der Waals surface area contributed by atoms with E-state index in [1.807, 2.05) is 68.5 Å². The van der Waals surface area contributed by atoms with Crippen molar-refractivity contribution in [2.24, 2.45) is 5.10 Å². The molecular weight excluding hydrogens is 352 g/mol. The summed E-state index contributed by atoms with van der Waals surface area (Å²) in [6, 6.07) is 15.9. The lowest BCUT2D eigenvalue weighted by atomic mass is 10.1. The Bertz CT molecular complexity index is 974. The van der Waals surface area contributed by atoms with E-state index >= 15 is 0 Å². The second kappa shape index (κ2) is 7.64. The van der Waals surface area contributed by atoms with Gasteiger partial charge in [0.2, 0.25) is 0 Å². The van der Waals surface area contributed by atoms with Gasteiger partial charge in [0.1, 0.15) is 4.88 Å². The van der Waals surface area contributed by atoms with E-state index < -0.39 is 0 Å². The van der Waals surface area contributed by atoms with Crippen molar-refractivity contribution in [3.8, 4) is 0 Å². The number of halogens is 1. The van der Waals surface area contributed by atoms with Crippen LogP contribution in [0.5, 0.6) is 0 Å². The highest BCUT2D eigenvalue weighted by atomic mass is 35.5. The van der Waals surface area contributed by atoms with Crippen LogP contribution in [-0.4, -0.2) is 12.1 Å². The van der Waals surface area contributed by atoms with E-state index in [1.165, 1.54) is 11.3 Å². The number of fused-ring (bicyclic) bond motifs is 1. The summed E-state index contributed by atoms with van der Waals surface area (Å²) in [5.74, 6) is -0.299. The Balaban J connectivity index is 1.72. The Hall–Kier alpha value is -2.43. The molecule has 0 fully saturated rings. The van der Waals surface area contributed by atoms with Crippen LogP contribution < -0.4 is 5.43 Å². The fourth-order valence-electron chi connectivity index (χ4n) is 2.41. The number of allylic oxidation sites excluding steroid dienone is 1. The lowest BCUT2D eigenvalue weighted by molar-refractivity contribution is 0.0959. The Labute approximate surface area is 155 Å². The molecule has 0 spiro atoms. The number of nitrogens with one attached hydrogen (secondary N) is 1. The average molecular weight is 369 g/mol. The standard InChI is InChI=1S/C20H17ClN2OS/c1-13-8-9-16-17(11-13)25-19(18(16)21)20(24)23-22-12-14(2)10-15-6-4-3-5-7-15/h3-12H,1-2H3,(H,23,24)/b14-10+,22-12+. The molecule has 25 heavy (non-hydrogen) atoms. The number of hydrogen-bond donors (Lipinski definition) is 1. The first-order chi connectivity index (χ1) is 12.0. The predicted octanol–water partition coefficient (Wildman–Crippen LogP) is 5.68. The lowest BCUT2D eigenvalue weighted by Crippen LogP contribution is -2.16. The largest absolute Gasteiger partial charge is 0.283 e.